The number of thioether (sulfide) groups is 1. The van der Waals surface area contributed by atoms with Crippen molar-refractivity contribution < 1.29 is 4.79 Å². The summed E-state index contributed by atoms with van der Waals surface area (Å²) in [4.78, 5) is 15.3. The van der Waals surface area contributed by atoms with Gasteiger partial charge in [-0.3, -0.25) is 4.79 Å². The van der Waals surface area contributed by atoms with Crippen LogP contribution in [0.4, 0.5) is 0 Å². The van der Waals surface area contributed by atoms with E-state index in [9.17, 15) is 4.79 Å². The van der Waals surface area contributed by atoms with E-state index in [0.717, 1.165) is 5.56 Å². The molecule has 4 heteroatoms. The fraction of sp³-hybridized carbons (Fsp3) is 0.500. The lowest BCUT2D eigenvalue weighted by Crippen LogP contribution is -2.43. The minimum absolute atomic E-state index is 0.0741. The summed E-state index contributed by atoms with van der Waals surface area (Å²) < 4.78 is 0. The highest BCUT2D eigenvalue weighted by molar-refractivity contribution is 7.98. The molecule has 1 aliphatic carbocycles. The lowest BCUT2D eigenvalue weighted by Gasteiger charge is -2.27. The van der Waals surface area contributed by atoms with Gasteiger partial charge >= 0.3 is 0 Å². The molecule has 0 aliphatic heterocycles. The van der Waals surface area contributed by atoms with Gasteiger partial charge in [-0.2, -0.15) is 0 Å². The van der Waals surface area contributed by atoms with Crippen LogP contribution in [0, 0.1) is 5.92 Å². The van der Waals surface area contributed by atoms with Gasteiger partial charge in [0.25, 0.3) is 5.91 Å². The fourth-order valence-corrected chi connectivity index (χ4v) is 2.64. The van der Waals surface area contributed by atoms with Gasteiger partial charge in [0.1, 0.15) is 0 Å². The smallest absolute Gasteiger partial charge is 0.253 e. The molecule has 1 unspecified atom stereocenters. The summed E-state index contributed by atoms with van der Waals surface area (Å²) in [5.74, 6) is 0.680. The van der Waals surface area contributed by atoms with Gasteiger partial charge < -0.3 is 10.6 Å². The first-order valence-corrected chi connectivity index (χ1v) is 7.51. The third-order valence-electron chi connectivity index (χ3n) is 3.56. The average Bonchev–Trinajstić information content (AvgIpc) is 3.23. The Labute approximate surface area is 113 Å². The minimum atomic E-state index is 0.0741. The molecule has 1 amide bonds. The van der Waals surface area contributed by atoms with E-state index in [1.165, 1.54) is 17.7 Å². The molecule has 0 saturated heterocycles. The van der Waals surface area contributed by atoms with E-state index in [1.807, 2.05) is 42.5 Å². The molecule has 1 saturated carbocycles. The van der Waals surface area contributed by atoms with E-state index in [1.54, 1.807) is 11.8 Å². The van der Waals surface area contributed by atoms with Crippen molar-refractivity contribution >= 4 is 17.7 Å². The number of benzene rings is 1. The second kappa shape index (κ2) is 5.76. The zero-order valence-electron chi connectivity index (χ0n) is 10.9. The zero-order valence-corrected chi connectivity index (χ0v) is 11.7. The van der Waals surface area contributed by atoms with Gasteiger partial charge in [-0.15, -0.1) is 11.8 Å². The van der Waals surface area contributed by atoms with E-state index in [-0.39, 0.29) is 11.9 Å². The van der Waals surface area contributed by atoms with Crippen LogP contribution in [0.2, 0.25) is 0 Å². The molecule has 18 heavy (non-hydrogen) atoms. The summed E-state index contributed by atoms with van der Waals surface area (Å²) in [6, 6.07) is 7.95. The van der Waals surface area contributed by atoms with Crippen LogP contribution in [-0.2, 0) is 0 Å². The number of rotatable bonds is 5. The number of carbonyl (C=O) groups is 1. The van der Waals surface area contributed by atoms with E-state index < -0.39 is 0 Å². The van der Waals surface area contributed by atoms with E-state index in [0.29, 0.717) is 12.5 Å². The highest BCUT2D eigenvalue weighted by Crippen LogP contribution is 2.34. The lowest BCUT2D eigenvalue weighted by molar-refractivity contribution is 0.0718. The maximum atomic E-state index is 12.3. The molecule has 0 aromatic heterocycles. The summed E-state index contributed by atoms with van der Waals surface area (Å²) in [5.41, 5.74) is 6.52. The van der Waals surface area contributed by atoms with Gasteiger partial charge in [-0.25, -0.2) is 0 Å². The Hall–Kier alpha value is -1.00. The molecule has 2 N–H and O–H groups in total. The third kappa shape index (κ3) is 2.87. The quantitative estimate of drug-likeness (QED) is 0.829. The standard InChI is InChI=1S/C14H20N2OS/c1-16(13(9-15)10-3-4-10)14(17)11-5-7-12(18-2)8-6-11/h5-8,10,13H,3-4,9,15H2,1-2H3. The molecule has 1 atom stereocenters. The maximum Gasteiger partial charge on any atom is 0.253 e. The molecule has 0 bridgehead atoms. The summed E-state index contributed by atoms with van der Waals surface area (Å²) >= 11 is 1.68. The second-order valence-corrected chi connectivity index (χ2v) is 5.66. The number of hydrogen-bond acceptors (Lipinski definition) is 3. The van der Waals surface area contributed by atoms with Crippen molar-refractivity contribution in [1.29, 1.82) is 0 Å². The van der Waals surface area contributed by atoms with Crippen LogP contribution in [0.5, 0.6) is 0 Å². The monoisotopic (exact) mass is 264 g/mol. The van der Waals surface area contributed by atoms with Gasteiger partial charge in [-0.05, 0) is 49.3 Å². The first-order chi connectivity index (χ1) is 8.67. The van der Waals surface area contributed by atoms with Gasteiger partial charge in [0, 0.05) is 30.1 Å². The van der Waals surface area contributed by atoms with Crippen molar-refractivity contribution in [2.45, 2.75) is 23.8 Å². The molecule has 0 heterocycles. The van der Waals surface area contributed by atoms with Crippen LogP contribution < -0.4 is 5.73 Å². The Bertz CT molecular complexity index is 414. The Morgan fingerprint density at radius 2 is 2.06 bits per heavy atom. The summed E-state index contributed by atoms with van der Waals surface area (Å²) in [6.07, 6.45) is 4.43. The first kappa shape index (κ1) is 13.4. The van der Waals surface area contributed by atoms with Crippen molar-refractivity contribution in [2.24, 2.45) is 11.7 Å². The molecule has 0 spiro atoms. The number of hydrogen-bond donors (Lipinski definition) is 1. The molecule has 1 aromatic carbocycles. The van der Waals surface area contributed by atoms with Crippen LogP contribution in [0.25, 0.3) is 0 Å². The molecular weight excluding hydrogens is 244 g/mol. The fourth-order valence-electron chi connectivity index (χ4n) is 2.24. The minimum Gasteiger partial charge on any atom is -0.337 e. The van der Waals surface area contributed by atoms with Gasteiger partial charge in [0.2, 0.25) is 0 Å². The Balaban J connectivity index is 2.08. The van der Waals surface area contributed by atoms with Crippen LogP contribution in [0.3, 0.4) is 0 Å². The van der Waals surface area contributed by atoms with E-state index in [4.69, 9.17) is 5.73 Å². The number of carbonyl (C=O) groups excluding carboxylic acids is 1. The molecule has 1 aromatic rings. The topological polar surface area (TPSA) is 46.3 Å². The molecule has 1 fully saturated rings. The zero-order chi connectivity index (χ0) is 13.1. The number of nitrogens with zero attached hydrogens (tertiary/aromatic N) is 1. The second-order valence-electron chi connectivity index (χ2n) is 4.79. The summed E-state index contributed by atoms with van der Waals surface area (Å²) in [6.45, 7) is 0.551. The van der Waals surface area contributed by atoms with Crippen molar-refractivity contribution in [3.63, 3.8) is 0 Å². The highest BCUT2D eigenvalue weighted by Gasteiger charge is 2.34. The largest absolute Gasteiger partial charge is 0.337 e. The van der Waals surface area contributed by atoms with Crippen molar-refractivity contribution in [2.75, 3.05) is 19.8 Å². The average molecular weight is 264 g/mol. The summed E-state index contributed by atoms with van der Waals surface area (Å²) in [5, 5.41) is 0. The van der Waals surface area contributed by atoms with Crippen LogP contribution >= 0.6 is 11.8 Å². The molecular formula is C14H20N2OS. The molecule has 98 valence electrons. The highest BCUT2D eigenvalue weighted by atomic mass is 32.2. The van der Waals surface area contributed by atoms with E-state index in [2.05, 4.69) is 0 Å². The van der Waals surface area contributed by atoms with Crippen molar-refractivity contribution in [3.8, 4) is 0 Å². The molecule has 2 rings (SSSR count). The number of amides is 1. The number of nitrogens with two attached hydrogens (primary N) is 1. The van der Waals surface area contributed by atoms with Crippen molar-refractivity contribution in [1.82, 2.24) is 4.90 Å². The lowest BCUT2D eigenvalue weighted by atomic mass is 10.1. The molecule has 3 nitrogen and oxygen atoms in total. The SMILES string of the molecule is CSc1ccc(C(=O)N(C)C(CN)C2CC2)cc1. The van der Waals surface area contributed by atoms with Gasteiger partial charge in [0.15, 0.2) is 0 Å². The summed E-state index contributed by atoms with van der Waals surface area (Å²) in [7, 11) is 1.86. The Kier molecular flexibility index (Phi) is 4.30. The molecule has 1 aliphatic rings. The number of likely N-dealkylation sites (N-methyl/N-ethyl adjacent to an activating group) is 1. The van der Waals surface area contributed by atoms with Crippen LogP contribution in [0.1, 0.15) is 23.2 Å². The van der Waals surface area contributed by atoms with Crippen LogP contribution in [-0.4, -0.2) is 36.7 Å². The van der Waals surface area contributed by atoms with Crippen LogP contribution in [0.15, 0.2) is 29.2 Å². The normalized spacial score (nSPS) is 16.4. The van der Waals surface area contributed by atoms with Crippen molar-refractivity contribution in [3.05, 3.63) is 29.8 Å². The Morgan fingerprint density at radius 1 is 1.44 bits per heavy atom. The molecule has 0 radical (unpaired) electrons. The first-order valence-electron chi connectivity index (χ1n) is 6.28. The van der Waals surface area contributed by atoms with Gasteiger partial charge in [-0.1, -0.05) is 0 Å². The predicted molar refractivity (Wildman–Crippen MR) is 75.9 cm³/mol. The Morgan fingerprint density at radius 3 is 2.50 bits per heavy atom. The third-order valence-corrected chi connectivity index (χ3v) is 4.31. The van der Waals surface area contributed by atoms with Gasteiger partial charge in [0.05, 0.1) is 0 Å². The van der Waals surface area contributed by atoms with E-state index >= 15 is 0 Å². The predicted octanol–water partition coefficient (Wildman–Crippen LogP) is 2.22. The maximum absolute atomic E-state index is 12.3.